The van der Waals surface area contributed by atoms with Crippen molar-refractivity contribution in [1.29, 1.82) is 0 Å². The van der Waals surface area contributed by atoms with Crippen LogP contribution in [0, 0.1) is 11.7 Å². The maximum absolute atomic E-state index is 13.0. The van der Waals surface area contributed by atoms with Gasteiger partial charge in [-0.1, -0.05) is 22.0 Å². The average molecular weight is 377 g/mol. The molecule has 23 heavy (non-hydrogen) atoms. The van der Waals surface area contributed by atoms with Gasteiger partial charge in [-0.3, -0.25) is 4.79 Å². The number of carbonyl (C=O) groups is 1. The lowest BCUT2D eigenvalue weighted by molar-refractivity contribution is 0.0948. The molecule has 0 aromatic heterocycles. The molecule has 2 aromatic carbocycles. The predicted molar refractivity (Wildman–Crippen MR) is 93.2 cm³/mol. The van der Waals surface area contributed by atoms with Crippen LogP contribution in [0.1, 0.15) is 16.8 Å². The second kappa shape index (κ2) is 7.13. The SMILES string of the molecule is O=C(NCC1CCN(c2ccc(F)cc2)C1)c1cccc(Br)c1. The van der Waals surface area contributed by atoms with Crippen LogP contribution in [0.5, 0.6) is 0 Å². The molecule has 0 radical (unpaired) electrons. The number of nitrogens with zero attached hydrogens (tertiary/aromatic N) is 1. The number of carbonyl (C=O) groups excluding carboxylic acids is 1. The van der Waals surface area contributed by atoms with Crippen molar-refractivity contribution in [2.45, 2.75) is 6.42 Å². The van der Waals surface area contributed by atoms with Crippen molar-refractivity contribution in [3.63, 3.8) is 0 Å². The smallest absolute Gasteiger partial charge is 0.251 e. The number of halogens is 2. The van der Waals surface area contributed by atoms with Crippen molar-refractivity contribution in [2.75, 3.05) is 24.5 Å². The molecular weight excluding hydrogens is 359 g/mol. The summed E-state index contributed by atoms with van der Waals surface area (Å²) < 4.78 is 13.9. The molecule has 5 heteroatoms. The van der Waals surface area contributed by atoms with Crippen molar-refractivity contribution in [2.24, 2.45) is 5.92 Å². The van der Waals surface area contributed by atoms with Crippen molar-refractivity contribution in [1.82, 2.24) is 5.32 Å². The summed E-state index contributed by atoms with van der Waals surface area (Å²) in [7, 11) is 0. The van der Waals surface area contributed by atoms with E-state index in [1.165, 1.54) is 12.1 Å². The van der Waals surface area contributed by atoms with E-state index in [1.807, 2.05) is 18.2 Å². The van der Waals surface area contributed by atoms with Gasteiger partial charge in [0, 0.05) is 35.4 Å². The normalized spacial score (nSPS) is 17.3. The van der Waals surface area contributed by atoms with Gasteiger partial charge < -0.3 is 10.2 Å². The van der Waals surface area contributed by atoms with Gasteiger partial charge in [-0.15, -0.1) is 0 Å². The highest BCUT2D eigenvalue weighted by molar-refractivity contribution is 9.10. The largest absolute Gasteiger partial charge is 0.371 e. The molecule has 1 atom stereocenters. The highest BCUT2D eigenvalue weighted by Gasteiger charge is 2.23. The quantitative estimate of drug-likeness (QED) is 0.878. The zero-order chi connectivity index (χ0) is 16.2. The van der Waals surface area contributed by atoms with Gasteiger partial charge in [-0.25, -0.2) is 4.39 Å². The van der Waals surface area contributed by atoms with Crippen LogP contribution in [-0.4, -0.2) is 25.5 Å². The number of hydrogen-bond acceptors (Lipinski definition) is 2. The van der Waals surface area contributed by atoms with Gasteiger partial charge in [0.25, 0.3) is 5.91 Å². The summed E-state index contributed by atoms with van der Waals surface area (Å²) in [5.41, 5.74) is 1.69. The Morgan fingerprint density at radius 2 is 2.04 bits per heavy atom. The molecule has 120 valence electrons. The molecule has 1 aliphatic rings. The Morgan fingerprint density at radius 3 is 2.78 bits per heavy atom. The highest BCUT2D eigenvalue weighted by Crippen LogP contribution is 2.23. The van der Waals surface area contributed by atoms with E-state index in [2.05, 4.69) is 26.1 Å². The lowest BCUT2D eigenvalue weighted by Crippen LogP contribution is -2.31. The first kappa shape index (κ1) is 16.0. The highest BCUT2D eigenvalue weighted by atomic mass is 79.9. The van der Waals surface area contributed by atoms with E-state index in [4.69, 9.17) is 0 Å². The Balaban J connectivity index is 1.52. The first-order valence-corrected chi connectivity index (χ1v) is 8.45. The van der Waals surface area contributed by atoms with E-state index < -0.39 is 0 Å². The molecule has 1 N–H and O–H groups in total. The molecule has 1 unspecified atom stereocenters. The van der Waals surface area contributed by atoms with Crippen LogP contribution in [0.2, 0.25) is 0 Å². The van der Waals surface area contributed by atoms with Gasteiger partial charge in [-0.05, 0) is 54.8 Å². The van der Waals surface area contributed by atoms with Crippen LogP contribution < -0.4 is 10.2 Å². The van der Waals surface area contributed by atoms with Gasteiger partial charge in [0.1, 0.15) is 5.82 Å². The lowest BCUT2D eigenvalue weighted by Gasteiger charge is -2.18. The molecule has 0 saturated carbocycles. The number of anilines is 1. The van der Waals surface area contributed by atoms with E-state index in [0.717, 1.165) is 29.7 Å². The number of hydrogen-bond donors (Lipinski definition) is 1. The maximum atomic E-state index is 13.0. The van der Waals surface area contributed by atoms with Gasteiger partial charge in [0.05, 0.1) is 0 Å². The van der Waals surface area contributed by atoms with Crippen LogP contribution in [-0.2, 0) is 0 Å². The lowest BCUT2D eigenvalue weighted by atomic mass is 10.1. The zero-order valence-electron chi connectivity index (χ0n) is 12.6. The molecule has 0 aliphatic carbocycles. The molecule has 1 amide bonds. The topological polar surface area (TPSA) is 32.3 Å². The minimum Gasteiger partial charge on any atom is -0.371 e. The fourth-order valence-electron chi connectivity index (χ4n) is 2.85. The first-order chi connectivity index (χ1) is 11.1. The molecule has 0 spiro atoms. The zero-order valence-corrected chi connectivity index (χ0v) is 14.2. The van der Waals surface area contributed by atoms with Gasteiger partial charge in [-0.2, -0.15) is 0 Å². The summed E-state index contributed by atoms with van der Waals surface area (Å²) in [5, 5.41) is 3.00. The van der Waals surface area contributed by atoms with Gasteiger partial charge in [0.15, 0.2) is 0 Å². The second-order valence-corrected chi connectivity index (χ2v) is 6.71. The minimum absolute atomic E-state index is 0.0495. The molecule has 1 heterocycles. The number of benzene rings is 2. The van der Waals surface area contributed by atoms with E-state index in [0.29, 0.717) is 18.0 Å². The van der Waals surface area contributed by atoms with Gasteiger partial charge in [0.2, 0.25) is 0 Å². The summed E-state index contributed by atoms with van der Waals surface area (Å²) in [6.45, 7) is 2.47. The minimum atomic E-state index is -0.217. The van der Waals surface area contributed by atoms with Crippen molar-refractivity contribution >= 4 is 27.5 Å². The molecular formula is C18H18BrFN2O. The van der Waals surface area contributed by atoms with Crippen LogP contribution in [0.25, 0.3) is 0 Å². The van der Waals surface area contributed by atoms with E-state index in [9.17, 15) is 9.18 Å². The Morgan fingerprint density at radius 1 is 1.26 bits per heavy atom. The molecule has 1 saturated heterocycles. The summed E-state index contributed by atoms with van der Waals surface area (Å²) in [4.78, 5) is 14.4. The molecule has 1 aliphatic heterocycles. The van der Waals surface area contributed by atoms with Crippen LogP contribution in [0.4, 0.5) is 10.1 Å². The predicted octanol–water partition coefficient (Wildman–Crippen LogP) is 3.84. The Bertz CT molecular complexity index is 690. The summed E-state index contributed by atoms with van der Waals surface area (Å²) in [5.74, 6) is 0.147. The average Bonchev–Trinajstić information content (AvgIpc) is 3.02. The maximum Gasteiger partial charge on any atom is 0.251 e. The second-order valence-electron chi connectivity index (χ2n) is 5.80. The third-order valence-electron chi connectivity index (χ3n) is 4.12. The van der Waals surface area contributed by atoms with E-state index in [1.54, 1.807) is 18.2 Å². The Kier molecular flexibility index (Phi) is 4.96. The monoisotopic (exact) mass is 376 g/mol. The van der Waals surface area contributed by atoms with Crippen LogP contribution in [0.15, 0.2) is 53.0 Å². The fourth-order valence-corrected chi connectivity index (χ4v) is 3.25. The Labute approximate surface area is 143 Å². The Hall–Kier alpha value is -1.88. The third-order valence-corrected chi connectivity index (χ3v) is 4.61. The summed E-state index contributed by atoms with van der Waals surface area (Å²) >= 11 is 3.37. The first-order valence-electron chi connectivity index (χ1n) is 7.66. The van der Waals surface area contributed by atoms with Gasteiger partial charge >= 0.3 is 0 Å². The van der Waals surface area contributed by atoms with Crippen LogP contribution >= 0.6 is 15.9 Å². The number of rotatable bonds is 4. The van der Waals surface area contributed by atoms with Crippen molar-refractivity contribution < 1.29 is 9.18 Å². The van der Waals surface area contributed by atoms with Crippen molar-refractivity contribution in [3.05, 3.63) is 64.4 Å². The molecule has 3 nitrogen and oxygen atoms in total. The van der Waals surface area contributed by atoms with E-state index in [-0.39, 0.29) is 11.7 Å². The molecule has 2 aromatic rings. The molecule has 0 bridgehead atoms. The number of amides is 1. The number of nitrogens with one attached hydrogen (secondary N) is 1. The molecule has 3 rings (SSSR count). The summed E-state index contributed by atoms with van der Waals surface area (Å²) in [6, 6.07) is 13.9. The fraction of sp³-hybridized carbons (Fsp3) is 0.278. The third kappa shape index (κ3) is 4.10. The summed E-state index contributed by atoms with van der Waals surface area (Å²) in [6.07, 6.45) is 1.02. The van der Waals surface area contributed by atoms with Crippen molar-refractivity contribution in [3.8, 4) is 0 Å². The molecule has 1 fully saturated rings. The van der Waals surface area contributed by atoms with E-state index >= 15 is 0 Å². The standard InChI is InChI=1S/C18H18BrFN2O/c19-15-3-1-2-14(10-15)18(23)21-11-13-8-9-22(12-13)17-6-4-16(20)5-7-17/h1-7,10,13H,8-9,11-12H2,(H,21,23). The van der Waals surface area contributed by atoms with Crippen LogP contribution in [0.3, 0.4) is 0 Å².